The number of nitrogens with zero attached hydrogens (tertiary/aromatic N) is 3. The second kappa shape index (κ2) is 7.46. The molecule has 1 amide bonds. The van der Waals surface area contributed by atoms with Crippen molar-refractivity contribution in [3.63, 3.8) is 0 Å². The highest BCUT2D eigenvalue weighted by Crippen LogP contribution is 2.19. The van der Waals surface area contributed by atoms with E-state index in [0.29, 0.717) is 17.5 Å². The number of sulfone groups is 1. The van der Waals surface area contributed by atoms with Gasteiger partial charge in [-0.15, -0.1) is 0 Å². The van der Waals surface area contributed by atoms with Gasteiger partial charge in [-0.2, -0.15) is 0 Å². The largest absolute Gasteiger partial charge is 0.449 e. The van der Waals surface area contributed by atoms with E-state index >= 15 is 0 Å². The third-order valence-corrected chi connectivity index (χ3v) is 6.80. The fourth-order valence-corrected chi connectivity index (χ4v) is 4.96. The second-order valence-corrected chi connectivity index (χ2v) is 9.38. The number of ether oxygens (including phenoxy) is 1. The smallest absolute Gasteiger partial charge is 0.338 e. The molecule has 2 atom stereocenters. The highest BCUT2D eigenvalue weighted by atomic mass is 32.2. The molecule has 1 aromatic heterocycles. The van der Waals surface area contributed by atoms with Crippen LogP contribution in [0.25, 0.3) is 11.0 Å². The molecule has 8 nitrogen and oxygen atoms in total. The monoisotopic (exact) mass is 405 g/mol. The Morgan fingerprint density at radius 1 is 1.18 bits per heavy atom. The van der Waals surface area contributed by atoms with E-state index in [1.54, 1.807) is 18.2 Å². The zero-order chi connectivity index (χ0) is 20.6. The summed E-state index contributed by atoms with van der Waals surface area (Å²) in [4.78, 5) is 35.2. The lowest BCUT2D eigenvalue weighted by molar-refractivity contribution is -0.140. The number of aryl methyl sites for hydroxylation is 2. The summed E-state index contributed by atoms with van der Waals surface area (Å²) in [6.45, 7) is 5.18. The Labute approximate surface area is 163 Å². The first-order valence-electron chi connectivity index (χ1n) is 9.00. The maximum absolute atomic E-state index is 12.5. The maximum Gasteiger partial charge on any atom is 0.338 e. The Morgan fingerprint density at radius 2 is 1.82 bits per heavy atom. The van der Waals surface area contributed by atoms with Crippen LogP contribution >= 0.6 is 0 Å². The zero-order valence-corrected chi connectivity index (χ0v) is 17.1. The van der Waals surface area contributed by atoms with Crippen LogP contribution in [0.2, 0.25) is 0 Å². The van der Waals surface area contributed by atoms with Crippen LogP contribution in [0.15, 0.2) is 18.2 Å². The maximum atomic E-state index is 12.5. The van der Waals surface area contributed by atoms with Gasteiger partial charge in [-0.25, -0.2) is 23.2 Å². The number of hydrogen-bond acceptors (Lipinski definition) is 7. The van der Waals surface area contributed by atoms with Gasteiger partial charge >= 0.3 is 5.97 Å². The quantitative estimate of drug-likeness (QED) is 0.709. The van der Waals surface area contributed by atoms with Gasteiger partial charge in [-0.05, 0) is 45.4 Å². The van der Waals surface area contributed by atoms with Crippen molar-refractivity contribution in [1.29, 1.82) is 0 Å². The molecule has 0 N–H and O–H groups in total. The lowest BCUT2D eigenvalue weighted by Crippen LogP contribution is -2.44. The number of fused-ring (bicyclic) bond motifs is 1. The van der Waals surface area contributed by atoms with Crippen LogP contribution in [-0.2, 0) is 19.4 Å². The van der Waals surface area contributed by atoms with Crippen LogP contribution in [0.5, 0.6) is 0 Å². The molecule has 0 spiro atoms. The molecule has 0 unspecified atom stereocenters. The average Bonchev–Trinajstić information content (AvgIpc) is 3.00. The van der Waals surface area contributed by atoms with Crippen LogP contribution < -0.4 is 0 Å². The number of rotatable bonds is 4. The van der Waals surface area contributed by atoms with Crippen LogP contribution in [-0.4, -0.2) is 65.9 Å². The number of benzene rings is 1. The van der Waals surface area contributed by atoms with Gasteiger partial charge in [0.25, 0.3) is 5.91 Å². The molecular weight excluding hydrogens is 382 g/mol. The summed E-state index contributed by atoms with van der Waals surface area (Å²) in [5, 5.41) is 0. The van der Waals surface area contributed by atoms with Crippen molar-refractivity contribution < 1.29 is 22.7 Å². The van der Waals surface area contributed by atoms with E-state index in [4.69, 9.17) is 4.74 Å². The van der Waals surface area contributed by atoms with E-state index in [2.05, 4.69) is 9.97 Å². The van der Waals surface area contributed by atoms with Gasteiger partial charge in [-0.3, -0.25) is 4.79 Å². The van der Waals surface area contributed by atoms with E-state index in [1.807, 2.05) is 13.8 Å². The van der Waals surface area contributed by atoms with Gasteiger partial charge < -0.3 is 9.64 Å². The minimum absolute atomic E-state index is 0.0575. The summed E-state index contributed by atoms with van der Waals surface area (Å²) in [7, 11) is -1.57. The lowest BCUT2D eigenvalue weighted by Gasteiger charge is -2.26. The summed E-state index contributed by atoms with van der Waals surface area (Å²) in [6.07, 6.45) is -0.629. The van der Waals surface area contributed by atoms with E-state index in [-0.39, 0.29) is 23.1 Å². The number of aromatic nitrogens is 2. The number of esters is 1. The van der Waals surface area contributed by atoms with Crippen molar-refractivity contribution in [2.45, 2.75) is 39.3 Å². The van der Waals surface area contributed by atoms with Gasteiger partial charge in [0.05, 0.1) is 39.5 Å². The molecule has 1 aliphatic rings. The highest BCUT2D eigenvalue weighted by Gasteiger charge is 2.35. The van der Waals surface area contributed by atoms with Gasteiger partial charge in [0.2, 0.25) is 0 Å². The molecule has 150 valence electrons. The Hall–Kier alpha value is -2.55. The number of carbonyl (C=O) groups is 2. The predicted octanol–water partition coefficient (Wildman–Crippen LogP) is 1.44. The normalized spacial score (nSPS) is 19.4. The third kappa shape index (κ3) is 4.14. The molecule has 2 heterocycles. The Bertz CT molecular complexity index is 1050. The minimum atomic E-state index is -3.11. The number of carbonyl (C=O) groups excluding carboxylic acids is 2. The zero-order valence-electron chi connectivity index (χ0n) is 16.3. The molecule has 0 radical (unpaired) electrons. The molecule has 28 heavy (non-hydrogen) atoms. The summed E-state index contributed by atoms with van der Waals surface area (Å²) >= 11 is 0. The number of hydrogen-bond donors (Lipinski definition) is 0. The van der Waals surface area contributed by atoms with E-state index in [9.17, 15) is 18.0 Å². The predicted molar refractivity (Wildman–Crippen MR) is 104 cm³/mol. The topological polar surface area (TPSA) is 107 Å². The fourth-order valence-electron chi connectivity index (χ4n) is 3.18. The van der Waals surface area contributed by atoms with Crippen molar-refractivity contribution >= 4 is 32.7 Å². The van der Waals surface area contributed by atoms with Crippen LogP contribution in [0.1, 0.15) is 35.1 Å². The van der Waals surface area contributed by atoms with Crippen molar-refractivity contribution in [1.82, 2.24) is 14.9 Å². The first-order valence-corrected chi connectivity index (χ1v) is 10.8. The van der Waals surface area contributed by atoms with Crippen molar-refractivity contribution in [3.05, 3.63) is 35.2 Å². The van der Waals surface area contributed by atoms with Crippen molar-refractivity contribution in [2.75, 3.05) is 18.6 Å². The first kappa shape index (κ1) is 20.2. The number of amides is 1. The fraction of sp³-hybridized carbons (Fsp3) is 0.474. The summed E-state index contributed by atoms with van der Waals surface area (Å²) in [5.74, 6) is -1.06. The Morgan fingerprint density at radius 3 is 2.43 bits per heavy atom. The van der Waals surface area contributed by atoms with Crippen LogP contribution in [0.3, 0.4) is 0 Å². The standard InChI is InChI=1S/C19H23N3O5S/c1-11-12(2)21-17-9-14(5-6-16(17)20-11)19(24)27-13(3)18(23)22(4)15-7-8-28(25,26)10-15/h5-6,9,13,15H,7-8,10H2,1-4H3/t13-,15+/m0/s1. The van der Waals surface area contributed by atoms with E-state index in [1.165, 1.54) is 18.9 Å². The summed E-state index contributed by atoms with van der Waals surface area (Å²) in [5.41, 5.74) is 3.11. The average molecular weight is 405 g/mol. The summed E-state index contributed by atoms with van der Waals surface area (Å²) < 4.78 is 28.5. The molecule has 9 heteroatoms. The third-order valence-electron chi connectivity index (χ3n) is 5.05. The van der Waals surface area contributed by atoms with Gasteiger partial charge in [0.15, 0.2) is 15.9 Å². The molecule has 0 bridgehead atoms. The molecule has 0 aliphatic carbocycles. The van der Waals surface area contributed by atoms with Crippen molar-refractivity contribution in [3.8, 4) is 0 Å². The van der Waals surface area contributed by atoms with E-state index in [0.717, 1.165) is 11.4 Å². The molecule has 0 saturated carbocycles. The molecule has 1 aromatic carbocycles. The molecule has 1 fully saturated rings. The molecule has 1 aliphatic heterocycles. The van der Waals surface area contributed by atoms with E-state index < -0.39 is 27.8 Å². The number of likely N-dealkylation sites (N-methyl/N-ethyl adjacent to an activating group) is 1. The lowest BCUT2D eigenvalue weighted by atomic mass is 10.1. The summed E-state index contributed by atoms with van der Waals surface area (Å²) in [6, 6.07) is 4.47. The van der Waals surface area contributed by atoms with Gasteiger partial charge in [-0.1, -0.05) is 0 Å². The first-order chi connectivity index (χ1) is 13.1. The van der Waals surface area contributed by atoms with Crippen LogP contribution in [0.4, 0.5) is 0 Å². The van der Waals surface area contributed by atoms with Gasteiger partial charge in [0, 0.05) is 13.1 Å². The van der Waals surface area contributed by atoms with Crippen molar-refractivity contribution in [2.24, 2.45) is 0 Å². The minimum Gasteiger partial charge on any atom is -0.449 e. The Balaban J connectivity index is 1.70. The highest BCUT2D eigenvalue weighted by molar-refractivity contribution is 7.91. The SMILES string of the molecule is Cc1nc2ccc(C(=O)O[C@@H](C)C(=O)N(C)[C@@H]3CCS(=O)(=O)C3)cc2nc1C. The molecule has 1 saturated heterocycles. The Kier molecular flexibility index (Phi) is 5.38. The molecule has 2 aromatic rings. The van der Waals surface area contributed by atoms with Gasteiger partial charge in [0.1, 0.15) is 0 Å². The molecule has 3 rings (SSSR count). The molecular formula is C19H23N3O5S. The second-order valence-electron chi connectivity index (χ2n) is 7.15. The van der Waals surface area contributed by atoms with Crippen LogP contribution in [0, 0.1) is 13.8 Å².